The lowest BCUT2D eigenvalue weighted by atomic mass is 10.3. The zero-order valence-electron chi connectivity index (χ0n) is 11.4. The van der Waals surface area contributed by atoms with Crippen molar-refractivity contribution in [3.05, 3.63) is 30.1 Å². The summed E-state index contributed by atoms with van der Waals surface area (Å²) in [5.41, 5.74) is 1.27. The lowest BCUT2D eigenvalue weighted by Crippen LogP contribution is -2.34. The maximum absolute atomic E-state index is 4.13. The monoisotopic (exact) mass is 247 g/mol. The summed E-state index contributed by atoms with van der Waals surface area (Å²) in [6, 6.07) is 4.11. The molecule has 18 heavy (non-hydrogen) atoms. The number of rotatable bonds is 9. The minimum atomic E-state index is 0.928. The van der Waals surface area contributed by atoms with Crippen molar-refractivity contribution in [2.24, 2.45) is 5.92 Å². The molecule has 0 aromatic carbocycles. The summed E-state index contributed by atoms with van der Waals surface area (Å²) in [5.74, 6) is 0.995. The van der Waals surface area contributed by atoms with E-state index in [0.717, 1.165) is 19.0 Å². The average Bonchev–Trinajstić information content (AvgIpc) is 3.20. The number of hydrogen-bond donors (Lipinski definition) is 1. The van der Waals surface area contributed by atoms with Crippen molar-refractivity contribution < 1.29 is 0 Å². The molecule has 3 heteroatoms. The lowest BCUT2D eigenvalue weighted by Gasteiger charge is -2.21. The summed E-state index contributed by atoms with van der Waals surface area (Å²) in [6.45, 7) is 7.99. The van der Waals surface area contributed by atoms with Gasteiger partial charge in [-0.3, -0.25) is 4.98 Å². The van der Waals surface area contributed by atoms with Gasteiger partial charge >= 0.3 is 0 Å². The standard InChI is InChI=1S/C15H25N3/c1-2-9-18(13-14-5-6-14)10-8-17-12-15-4-3-7-16-11-15/h3-4,7,11,14,17H,2,5-6,8-10,12-13H2,1H3. The smallest absolute Gasteiger partial charge is 0.0312 e. The van der Waals surface area contributed by atoms with Gasteiger partial charge in [0.05, 0.1) is 0 Å². The molecule has 0 bridgehead atoms. The van der Waals surface area contributed by atoms with Crippen LogP contribution < -0.4 is 5.32 Å². The molecule has 1 saturated carbocycles. The summed E-state index contributed by atoms with van der Waals surface area (Å²) in [6.07, 6.45) is 7.91. The van der Waals surface area contributed by atoms with Crippen LogP contribution in [0.5, 0.6) is 0 Å². The fraction of sp³-hybridized carbons (Fsp3) is 0.667. The van der Waals surface area contributed by atoms with E-state index >= 15 is 0 Å². The zero-order chi connectivity index (χ0) is 12.6. The van der Waals surface area contributed by atoms with E-state index in [9.17, 15) is 0 Å². The third kappa shape index (κ3) is 5.15. The van der Waals surface area contributed by atoms with Crippen molar-refractivity contribution >= 4 is 0 Å². The molecule has 1 N–H and O–H groups in total. The molecule has 0 radical (unpaired) electrons. The van der Waals surface area contributed by atoms with Crippen LogP contribution in [0.3, 0.4) is 0 Å². The third-order valence-electron chi connectivity index (χ3n) is 3.41. The van der Waals surface area contributed by atoms with E-state index in [1.807, 2.05) is 18.5 Å². The van der Waals surface area contributed by atoms with Crippen molar-refractivity contribution in [2.45, 2.75) is 32.7 Å². The van der Waals surface area contributed by atoms with Crippen molar-refractivity contribution in [2.75, 3.05) is 26.2 Å². The predicted molar refractivity (Wildman–Crippen MR) is 75.4 cm³/mol. The van der Waals surface area contributed by atoms with Gasteiger partial charge < -0.3 is 10.2 Å². The van der Waals surface area contributed by atoms with E-state index in [4.69, 9.17) is 0 Å². The molecule has 1 aromatic rings. The first-order valence-electron chi connectivity index (χ1n) is 7.20. The minimum Gasteiger partial charge on any atom is -0.311 e. The Labute approximate surface area is 111 Å². The topological polar surface area (TPSA) is 28.2 Å². The molecule has 0 amide bonds. The van der Waals surface area contributed by atoms with E-state index in [1.54, 1.807) is 0 Å². The molecule has 1 aliphatic rings. The van der Waals surface area contributed by atoms with Crippen LogP contribution in [0.2, 0.25) is 0 Å². The lowest BCUT2D eigenvalue weighted by molar-refractivity contribution is 0.263. The second-order valence-electron chi connectivity index (χ2n) is 5.28. The van der Waals surface area contributed by atoms with Gasteiger partial charge in [0.25, 0.3) is 0 Å². The quantitative estimate of drug-likeness (QED) is 0.679. The molecular formula is C15H25N3. The molecule has 1 aliphatic carbocycles. The van der Waals surface area contributed by atoms with Crippen LogP contribution in [0.1, 0.15) is 31.7 Å². The molecule has 0 saturated heterocycles. The summed E-state index contributed by atoms with van der Waals surface area (Å²) in [4.78, 5) is 6.73. The molecule has 2 rings (SSSR count). The Morgan fingerprint density at radius 1 is 1.39 bits per heavy atom. The van der Waals surface area contributed by atoms with Crippen molar-refractivity contribution in [1.82, 2.24) is 15.2 Å². The van der Waals surface area contributed by atoms with Gasteiger partial charge in [-0.25, -0.2) is 0 Å². The molecule has 0 spiro atoms. The normalized spacial score (nSPS) is 15.2. The third-order valence-corrected chi connectivity index (χ3v) is 3.41. The zero-order valence-corrected chi connectivity index (χ0v) is 11.4. The number of nitrogens with one attached hydrogen (secondary N) is 1. The van der Waals surface area contributed by atoms with Crippen molar-refractivity contribution in [1.29, 1.82) is 0 Å². The van der Waals surface area contributed by atoms with Gasteiger partial charge in [-0.1, -0.05) is 13.0 Å². The van der Waals surface area contributed by atoms with Crippen LogP contribution in [0.25, 0.3) is 0 Å². The fourth-order valence-electron chi connectivity index (χ4n) is 2.25. The molecule has 0 aliphatic heterocycles. The molecule has 0 atom stereocenters. The Balaban J connectivity index is 1.60. The molecule has 1 fully saturated rings. The molecule has 0 unspecified atom stereocenters. The van der Waals surface area contributed by atoms with E-state index in [-0.39, 0.29) is 0 Å². The summed E-state index contributed by atoms with van der Waals surface area (Å²) >= 11 is 0. The van der Waals surface area contributed by atoms with Crippen molar-refractivity contribution in [3.8, 4) is 0 Å². The van der Waals surface area contributed by atoms with Gasteiger partial charge in [0, 0.05) is 38.6 Å². The van der Waals surface area contributed by atoms with Crippen LogP contribution in [0.4, 0.5) is 0 Å². The van der Waals surface area contributed by atoms with Crippen LogP contribution in [-0.4, -0.2) is 36.1 Å². The highest BCUT2D eigenvalue weighted by atomic mass is 15.1. The number of pyridine rings is 1. The molecular weight excluding hydrogens is 222 g/mol. The Hall–Kier alpha value is -0.930. The largest absolute Gasteiger partial charge is 0.311 e. The molecule has 1 aromatic heterocycles. The van der Waals surface area contributed by atoms with Gasteiger partial charge in [-0.2, -0.15) is 0 Å². The van der Waals surface area contributed by atoms with Gasteiger partial charge in [-0.15, -0.1) is 0 Å². The molecule has 3 nitrogen and oxygen atoms in total. The fourth-order valence-corrected chi connectivity index (χ4v) is 2.25. The maximum Gasteiger partial charge on any atom is 0.0312 e. The Bertz CT molecular complexity index is 322. The highest BCUT2D eigenvalue weighted by Gasteiger charge is 2.23. The van der Waals surface area contributed by atoms with Crippen LogP contribution >= 0.6 is 0 Å². The second kappa shape index (κ2) is 7.49. The van der Waals surface area contributed by atoms with Crippen LogP contribution in [0, 0.1) is 5.92 Å². The first-order chi connectivity index (χ1) is 8.88. The van der Waals surface area contributed by atoms with Gasteiger partial charge in [0.15, 0.2) is 0 Å². The first-order valence-corrected chi connectivity index (χ1v) is 7.20. The summed E-state index contributed by atoms with van der Waals surface area (Å²) < 4.78 is 0. The van der Waals surface area contributed by atoms with E-state index in [1.165, 1.54) is 44.5 Å². The highest BCUT2D eigenvalue weighted by Crippen LogP contribution is 2.29. The van der Waals surface area contributed by atoms with Crippen LogP contribution in [-0.2, 0) is 6.54 Å². The van der Waals surface area contributed by atoms with E-state index in [2.05, 4.69) is 28.2 Å². The van der Waals surface area contributed by atoms with Gasteiger partial charge in [0.1, 0.15) is 0 Å². The predicted octanol–water partition coefficient (Wildman–Crippen LogP) is 2.29. The Kier molecular flexibility index (Phi) is 5.62. The summed E-state index contributed by atoms with van der Waals surface area (Å²) in [5, 5.41) is 3.50. The minimum absolute atomic E-state index is 0.928. The van der Waals surface area contributed by atoms with Crippen LogP contribution in [0.15, 0.2) is 24.5 Å². The maximum atomic E-state index is 4.13. The molecule has 1 heterocycles. The highest BCUT2D eigenvalue weighted by molar-refractivity contribution is 5.07. The Morgan fingerprint density at radius 2 is 2.28 bits per heavy atom. The summed E-state index contributed by atoms with van der Waals surface area (Å²) in [7, 11) is 0. The van der Waals surface area contributed by atoms with Gasteiger partial charge in [0.2, 0.25) is 0 Å². The van der Waals surface area contributed by atoms with Crippen molar-refractivity contribution in [3.63, 3.8) is 0 Å². The average molecular weight is 247 g/mol. The SMILES string of the molecule is CCCN(CCNCc1cccnc1)CC1CC1. The second-order valence-corrected chi connectivity index (χ2v) is 5.28. The number of nitrogens with zero attached hydrogens (tertiary/aromatic N) is 2. The van der Waals surface area contributed by atoms with Gasteiger partial charge in [-0.05, 0) is 43.4 Å². The first kappa shape index (κ1) is 13.5. The number of hydrogen-bond acceptors (Lipinski definition) is 3. The number of aromatic nitrogens is 1. The van der Waals surface area contributed by atoms with E-state index in [0.29, 0.717) is 0 Å². The molecule has 100 valence electrons. The Morgan fingerprint density at radius 3 is 2.94 bits per heavy atom. The van der Waals surface area contributed by atoms with E-state index < -0.39 is 0 Å².